The molecule has 0 aliphatic rings. The number of halogens is 2. The lowest BCUT2D eigenvalue weighted by atomic mass is 10.2. The van der Waals surface area contributed by atoms with Gasteiger partial charge in [-0.15, -0.1) is 0 Å². The van der Waals surface area contributed by atoms with Crippen molar-refractivity contribution in [2.24, 2.45) is 0 Å². The normalized spacial score (nSPS) is 11.1. The van der Waals surface area contributed by atoms with E-state index in [2.05, 4.69) is 5.16 Å². The van der Waals surface area contributed by atoms with E-state index >= 15 is 0 Å². The molecule has 0 saturated carbocycles. The molecule has 1 aromatic carbocycles. The molecule has 0 aliphatic carbocycles. The summed E-state index contributed by atoms with van der Waals surface area (Å²) in [6.45, 7) is 1.42. The summed E-state index contributed by atoms with van der Waals surface area (Å²) in [5, 5.41) is 14.3. The molecule has 0 saturated heterocycles. The second-order valence-corrected chi connectivity index (χ2v) is 3.74. The van der Waals surface area contributed by atoms with Gasteiger partial charge in [-0.1, -0.05) is 17.3 Å². The number of aryl methyl sites for hydroxylation is 1. The minimum Gasteiger partial charge on any atom is -0.354 e. The Bertz CT molecular complexity index is 665. The Morgan fingerprint density at radius 1 is 1.32 bits per heavy atom. The van der Waals surface area contributed by atoms with E-state index in [1.807, 2.05) is 0 Å². The molecule has 5 nitrogen and oxygen atoms in total. The summed E-state index contributed by atoms with van der Waals surface area (Å²) in [7, 11) is 0. The molecule has 19 heavy (non-hydrogen) atoms. The van der Waals surface area contributed by atoms with Gasteiger partial charge in [-0.05, 0) is 23.8 Å². The fourth-order valence-electron chi connectivity index (χ4n) is 1.51. The maximum absolute atomic E-state index is 13.0. The van der Waals surface area contributed by atoms with Gasteiger partial charge in [0.25, 0.3) is 0 Å². The maximum Gasteiger partial charge on any atom is 0.338 e. The summed E-state index contributed by atoms with van der Waals surface area (Å²) in [4.78, 5) is 10.2. The van der Waals surface area contributed by atoms with Crippen molar-refractivity contribution in [3.63, 3.8) is 0 Å². The zero-order chi connectivity index (χ0) is 14.0. The van der Waals surface area contributed by atoms with E-state index in [4.69, 9.17) is 4.52 Å². The number of aromatic nitrogens is 1. The van der Waals surface area contributed by atoms with E-state index in [9.17, 15) is 18.9 Å². The number of nitrogens with zero attached hydrogens (tertiary/aromatic N) is 2. The predicted molar refractivity (Wildman–Crippen MR) is 63.2 cm³/mol. The van der Waals surface area contributed by atoms with E-state index in [1.54, 1.807) is 0 Å². The molecule has 0 bridgehead atoms. The lowest BCUT2D eigenvalue weighted by molar-refractivity contribution is -0.386. The van der Waals surface area contributed by atoms with Crippen LogP contribution in [0.25, 0.3) is 12.2 Å². The van der Waals surface area contributed by atoms with Crippen LogP contribution in [0, 0.1) is 28.7 Å². The van der Waals surface area contributed by atoms with Crippen LogP contribution in [0.4, 0.5) is 14.5 Å². The van der Waals surface area contributed by atoms with Crippen molar-refractivity contribution in [1.29, 1.82) is 0 Å². The topological polar surface area (TPSA) is 69.2 Å². The number of nitro groups is 1. The van der Waals surface area contributed by atoms with Crippen molar-refractivity contribution in [3.8, 4) is 0 Å². The smallest absolute Gasteiger partial charge is 0.338 e. The van der Waals surface area contributed by atoms with Crippen LogP contribution in [0.1, 0.15) is 17.0 Å². The van der Waals surface area contributed by atoms with Crippen LogP contribution in [0.5, 0.6) is 0 Å². The molecule has 0 atom stereocenters. The summed E-state index contributed by atoms with van der Waals surface area (Å²) >= 11 is 0. The lowest BCUT2D eigenvalue weighted by Crippen LogP contribution is -1.90. The molecule has 7 heteroatoms. The van der Waals surface area contributed by atoms with Crippen LogP contribution in [-0.4, -0.2) is 10.1 Å². The second kappa shape index (κ2) is 4.97. The van der Waals surface area contributed by atoms with Gasteiger partial charge in [-0.25, -0.2) is 8.78 Å². The number of hydrogen-bond acceptors (Lipinski definition) is 4. The maximum atomic E-state index is 13.0. The zero-order valence-electron chi connectivity index (χ0n) is 9.76. The number of hydrogen-bond donors (Lipinski definition) is 0. The van der Waals surface area contributed by atoms with Gasteiger partial charge in [0, 0.05) is 6.92 Å². The highest BCUT2D eigenvalue weighted by atomic mass is 19.2. The van der Waals surface area contributed by atoms with Gasteiger partial charge in [0.1, 0.15) is 0 Å². The first kappa shape index (κ1) is 12.9. The van der Waals surface area contributed by atoms with Crippen LogP contribution < -0.4 is 0 Å². The van der Waals surface area contributed by atoms with E-state index in [0.717, 1.165) is 12.1 Å². The molecule has 2 rings (SSSR count). The Morgan fingerprint density at radius 2 is 2.05 bits per heavy atom. The Morgan fingerprint density at radius 3 is 2.68 bits per heavy atom. The van der Waals surface area contributed by atoms with Gasteiger partial charge < -0.3 is 4.52 Å². The molecule has 0 radical (unpaired) electrons. The molecule has 1 aromatic heterocycles. The first-order valence-electron chi connectivity index (χ1n) is 5.23. The monoisotopic (exact) mass is 266 g/mol. The van der Waals surface area contributed by atoms with Crippen molar-refractivity contribution in [3.05, 3.63) is 57.0 Å². The Kier molecular flexibility index (Phi) is 3.37. The fourth-order valence-corrected chi connectivity index (χ4v) is 1.51. The predicted octanol–water partition coefficient (Wildman–Crippen LogP) is 3.34. The minimum absolute atomic E-state index is 0.0206. The molecule has 0 fully saturated rings. The SMILES string of the molecule is Cc1onc(/C=C/c2ccc(F)c(F)c2)c1[N+](=O)[O-]. The highest BCUT2D eigenvalue weighted by molar-refractivity contribution is 5.72. The van der Waals surface area contributed by atoms with Gasteiger partial charge in [-0.3, -0.25) is 10.1 Å². The first-order valence-corrected chi connectivity index (χ1v) is 5.23. The van der Waals surface area contributed by atoms with Gasteiger partial charge in [0.05, 0.1) is 4.92 Å². The van der Waals surface area contributed by atoms with E-state index in [-0.39, 0.29) is 17.1 Å². The molecule has 0 spiro atoms. The van der Waals surface area contributed by atoms with Crippen molar-refractivity contribution >= 4 is 17.8 Å². The molecule has 0 N–H and O–H groups in total. The second-order valence-electron chi connectivity index (χ2n) is 3.74. The molecule has 0 aliphatic heterocycles. The summed E-state index contributed by atoms with van der Waals surface area (Å²) in [5.74, 6) is -1.87. The highest BCUT2D eigenvalue weighted by Gasteiger charge is 2.21. The Labute approximate surface area is 106 Å². The molecule has 0 amide bonds. The average molecular weight is 266 g/mol. The Balaban J connectivity index is 2.32. The summed E-state index contributed by atoms with van der Waals surface area (Å²) in [5.41, 5.74) is 0.125. The highest BCUT2D eigenvalue weighted by Crippen LogP contribution is 2.24. The van der Waals surface area contributed by atoms with E-state index < -0.39 is 16.6 Å². The van der Waals surface area contributed by atoms with Crippen LogP contribution >= 0.6 is 0 Å². The minimum atomic E-state index is -0.993. The molecule has 1 heterocycles. The molecular weight excluding hydrogens is 258 g/mol. The first-order chi connectivity index (χ1) is 8.99. The van der Waals surface area contributed by atoms with Crippen molar-refractivity contribution < 1.29 is 18.2 Å². The average Bonchev–Trinajstić information content (AvgIpc) is 2.72. The molecular formula is C12H8F2N2O3. The number of rotatable bonds is 3. The van der Waals surface area contributed by atoms with Gasteiger partial charge in [0.2, 0.25) is 5.76 Å². The van der Waals surface area contributed by atoms with Gasteiger partial charge in [0.15, 0.2) is 17.3 Å². The standard InChI is InChI=1S/C12H8F2N2O3/c1-7-12(16(17)18)11(15-19-7)5-3-8-2-4-9(13)10(14)6-8/h2-6H,1H3/b5-3+. The zero-order valence-corrected chi connectivity index (χ0v) is 9.76. The summed E-state index contributed by atoms with van der Waals surface area (Å²) in [6.07, 6.45) is 2.69. The summed E-state index contributed by atoms with van der Waals surface area (Å²) < 4.78 is 30.4. The lowest BCUT2D eigenvalue weighted by Gasteiger charge is -1.94. The molecule has 0 unspecified atom stereocenters. The van der Waals surface area contributed by atoms with Crippen LogP contribution in [0.15, 0.2) is 22.7 Å². The third-order valence-corrected chi connectivity index (χ3v) is 2.42. The Hall–Kier alpha value is -2.57. The third-order valence-electron chi connectivity index (χ3n) is 2.42. The van der Waals surface area contributed by atoms with Gasteiger partial charge >= 0.3 is 5.69 Å². The fraction of sp³-hybridized carbons (Fsp3) is 0.0833. The third kappa shape index (κ3) is 2.65. The molecule has 2 aromatic rings. The number of benzene rings is 1. The largest absolute Gasteiger partial charge is 0.354 e. The van der Waals surface area contributed by atoms with E-state index in [1.165, 1.54) is 25.1 Å². The van der Waals surface area contributed by atoms with Crippen molar-refractivity contribution in [2.75, 3.05) is 0 Å². The van der Waals surface area contributed by atoms with Gasteiger partial charge in [-0.2, -0.15) is 0 Å². The van der Waals surface area contributed by atoms with Crippen LogP contribution in [-0.2, 0) is 0 Å². The van der Waals surface area contributed by atoms with E-state index in [0.29, 0.717) is 5.56 Å². The molecule has 98 valence electrons. The van der Waals surface area contributed by atoms with Crippen LogP contribution in [0.3, 0.4) is 0 Å². The quantitative estimate of drug-likeness (QED) is 0.631. The van der Waals surface area contributed by atoms with Crippen LogP contribution in [0.2, 0.25) is 0 Å². The van der Waals surface area contributed by atoms with Crippen molar-refractivity contribution in [1.82, 2.24) is 5.16 Å². The summed E-state index contributed by atoms with van der Waals surface area (Å²) in [6, 6.07) is 3.29. The van der Waals surface area contributed by atoms with Crippen molar-refractivity contribution in [2.45, 2.75) is 6.92 Å².